The van der Waals surface area contributed by atoms with E-state index in [4.69, 9.17) is 0 Å². The van der Waals surface area contributed by atoms with Gasteiger partial charge in [0.1, 0.15) is 0 Å². The second-order valence-electron chi connectivity index (χ2n) is 6.46. The molecule has 1 N–H and O–H groups in total. The number of carbonyl (C=O) groups excluding carboxylic acids is 1. The number of nitrogens with zero attached hydrogens (tertiary/aromatic N) is 2. The summed E-state index contributed by atoms with van der Waals surface area (Å²) in [6, 6.07) is 9.16. The molecule has 0 unspecified atom stereocenters. The highest BCUT2D eigenvalue weighted by molar-refractivity contribution is 5.94. The van der Waals surface area contributed by atoms with Gasteiger partial charge in [-0.25, -0.2) is 0 Å². The minimum atomic E-state index is -0.806. The van der Waals surface area contributed by atoms with Gasteiger partial charge in [-0.1, -0.05) is 24.3 Å². The number of fused-ring (bicyclic) bond motifs is 2. The van der Waals surface area contributed by atoms with Crippen molar-refractivity contribution in [2.45, 2.75) is 24.8 Å². The molecule has 7 heteroatoms. The molecule has 7 nitrogen and oxygen atoms in total. The Morgan fingerprint density at radius 2 is 2.04 bits per heavy atom. The number of hydrogen-bond donors (Lipinski definition) is 1. The zero-order chi connectivity index (χ0) is 16.9. The number of rotatable bonds is 2. The maximum atomic E-state index is 12.8. The van der Waals surface area contributed by atoms with E-state index in [0.29, 0.717) is 13.1 Å². The molecule has 0 radical (unpaired) electrons. The zero-order valence-corrected chi connectivity index (χ0v) is 12.8. The van der Waals surface area contributed by atoms with Crippen molar-refractivity contribution in [2.24, 2.45) is 0 Å². The summed E-state index contributed by atoms with van der Waals surface area (Å²) in [7, 11) is 0. The van der Waals surface area contributed by atoms with E-state index in [-0.39, 0.29) is 16.9 Å². The Balaban J connectivity index is 1.68. The van der Waals surface area contributed by atoms with Gasteiger partial charge < -0.3 is 9.88 Å². The lowest BCUT2D eigenvalue weighted by molar-refractivity contribution is -0.386. The molecule has 1 fully saturated rings. The molecule has 0 saturated heterocycles. The first-order valence-electron chi connectivity index (χ1n) is 7.75. The van der Waals surface area contributed by atoms with Gasteiger partial charge in [-0.3, -0.25) is 19.7 Å². The number of pyridine rings is 1. The molecule has 0 atom stereocenters. The van der Waals surface area contributed by atoms with Crippen LogP contribution < -0.4 is 5.56 Å². The summed E-state index contributed by atoms with van der Waals surface area (Å²) in [5.41, 5.74) is 1.17. The van der Waals surface area contributed by atoms with Gasteiger partial charge in [0.2, 0.25) is 0 Å². The quantitative estimate of drug-likeness (QED) is 0.674. The third kappa shape index (κ3) is 2.20. The third-order valence-electron chi connectivity index (χ3n) is 4.91. The minimum absolute atomic E-state index is 0.0264. The molecule has 1 saturated carbocycles. The highest BCUT2D eigenvalue weighted by Crippen LogP contribution is 2.52. The molecule has 1 aliphatic heterocycles. The number of nitrogens with one attached hydrogen (secondary N) is 1. The van der Waals surface area contributed by atoms with Crippen molar-refractivity contribution < 1.29 is 9.72 Å². The lowest BCUT2D eigenvalue weighted by Gasteiger charge is -2.35. The molecule has 122 valence electrons. The Bertz CT molecular complexity index is 914. The number of H-pyrrole nitrogens is 1. The summed E-state index contributed by atoms with van der Waals surface area (Å²) in [5.74, 6) is -0.296. The molecule has 1 aromatic heterocycles. The highest BCUT2D eigenvalue weighted by atomic mass is 16.6. The van der Waals surface area contributed by atoms with E-state index in [1.54, 1.807) is 4.90 Å². The van der Waals surface area contributed by atoms with E-state index >= 15 is 0 Å². The largest absolute Gasteiger partial charge is 0.334 e. The number of aromatic amines is 1. The highest BCUT2D eigenvalue weighted by Gasteiger charge is 2.49. The molecule has 1 aliphatic carbocycles. The third-order valence-corrected chi connectivity index (χ3v) is 4.91. The first-order chi connectivity index (χ1) is 11.5. The number of carbonyl (C=O) groups is 1. The summed E-state index contributed by atoms with van der Waals surface area (Å²) in [4.78, 5) is 38.4. The maximum absolute atomic E-state index is 12.8. The van der Waals surface area contributed by atoms with Gasteiger partial charge >= 0.3 is 11.2 Å². The van der Waals surface area contributed by atoms with E-state index in [0.717, 1.165) is 24.5 Å². The normalized spacial score (nSPS) is 17.4. The van der Waals surface area contributed by atoms with Gasteiger partial charge in [0.15, 0.2) is 0 Å². The number of benzene rings is 1. The second kappa shape index (κ2) is 5.02. The van der Waals surface area contributed by atoms with Crippen LogP contribution in [0.3, 0.4) is 0 Å². The van der Waals surface area contributed by atoms with Crippen molar-refractivity contribution in [3.8, 4) is 0 Å². The average Bonchev–Trinajstić information content (AvgIpc) is 3.34. The molecule has 2 aliphatic rings. The number of hydrogen-bond acceptors (Lipinski definition) is 4. The van der Waals surface area contributed by atoms with Crippen LogP contribution in [0.2, 0.25) is 0 Å². The molecule has 1 spiro atoms. The number of nitro groups is 1. The summed E-state index contributed by atoms with van der Waals surface area (Å²) in [6.45, 7) is 1.08. The standard InChI is InChI=1S/C17H15N3O4/c21-15-14(20(23)24)7-12(8-18-15)16(22)19-9-11-3-1-2-4-13(11)17(10-19)5-6-17/h1-4,7-8H,5-6,9-10H2,(H,18,21). The molecule has 2 heterocycles. The summed E-state index contributed by atoms with van der Waals surface area (Å²) < 4.78 is 0. The second-order valence-corrected chi connectivity index (χ2v) is 6.46. The van der Waals surface area contributed by atoms with E-state index < -0.39 is 16.2 Å². The fraction of sp³-hybridized carbons (Fsp3) is 0.294. The van der Waals surface area contributed by atoms with Crippen LogP contribution in [0.4, 0.5) is 5.69 Å². The average molecular weight is 325 g/mol. The topological polar surface area (TPSA) is 96.3 Å². The first kappa shape index (κ1) is 14.6. The Kier molecular flexibility index (Phi) is 3.06. The van der Waals surface area contributed by atoms with Gasteiger partial charge in [-0.2, -0.15) is 0 Å². The predicted molar refractivity (Wildman–Crippen MR) is 85.8 cm³/mol. The molecule has 0 bridgehead atoms. The fourth-order valence-electron chi connectivity index (χ4n) is 3.52. The van der Waals surface area contributed by atoms with Crippen molar-refractivity contribution >= 4 is 11.6 Å². The van der Waals surface area contributed by atoms with Crippen molar-refractivity contribution in [1.29, 1.82) is 0 Å². The van der Waals surface area contributed by atoms with Crippen molar-refractivity contribution in [1.82, 2.24) is 9.88 Å². The Morgan fingerprint density at radius 1 is 1.29 bits per heavy atom. The van der Waals surface area contributed by atoms with E-state index in [1.165, 1.54) is 11.8 Å². The monoisotopic (exact) mass is 325 g/mol. The van der Waals surface area contributed by atoms with Crippen LogP contribution in [0.15, 0.2) is 41.3 Å². The smallest absolute Gasteiger partial charge is 0.333 e. The van der Waals surface area contributed by atoms with Gasteiger partial charge in [0.25, 0.3) is 5.91 Å². The molecule has 4 rings (SSSR count). The molecular weight excluding hydrogens is 310 g/mol. The van der Waals surface area contributed by atoms with Crippen LogP contribution >= 0.6 is 0 Å². The number of amides is 1. The van der Waals surface area contributed by atoms with Crippen molar-refractivity contribution in [3.05, 3.63) is 73.7 Å². The minimum Gasteiger partial charge on any atom is -0.333 e. The summed E-state index contributed by atoms with van der Waals surface area (Å²) in [6.07, 6.45) is 3.33. The molecular formula is C17H15N3O4. The van der Waals surface area contributed by atoms with Crippen molar-refractivity contribution in [3.63, 3.8) is 0 Å². The SMILES string of the molecule is O=C(c1c[nH]c(=O)c([N+](=O)[O-])c1)N1Cc2ccccc2C2(CC2)C1. The summed E-state index contributed by atoms with van der Waals surface area (Å²) in [5, 5.41) is 10.9. The molecule has 1 amide bonds. The fourth-order valence-corrected chi connectivity index (χ4v) is 3.52. The number of aromatic nitrogens is 1. The maximum Gasteiger partial charge on any atom is 0.334 e. The van der Waals surface area contributed by atoms with E-state index in [1.807, 2.05) is 18.2 Å². The van der Waals surface area contributed by atoms with Gasteiger partial charge in [-0.15, -0.1) is 0 Å². The van der Waals surface area contributed by atoms with Gasteiger partial charge in [-0.05, 0) is 24.0 Å². The van der Waals surface area contributed by atoms with Gasteiger partial charge in [0.05, 0.1) is 10.5 Å². The molecule has 1 aromatic carbocycles. The summed E-state index contributed by atoms with van der Waals surface area (Å²) >= 11 is 0. The van der Waals surface area contributed by atoms with Crippen LogP contribution in [0.1, 0.15) is 34.3 Å². The Labute approximate surface area is 137 Å². The molecule has 24 heavy (non-hydrogen) atoms. The van der Waals surface area contributed by atoms with Crippen LogP contribution in [-0.4, -0.2) is 27.3 Å². The van der Waals surface area contributed by atoms with Crippen LogP contribution in [-0.2, 0) is 12.0 Å². The van der Waals surface area contributed by atoms with E-state index in [9.17, 15) is 19.7 Å². The van der Waals surface area contributed by atoms with Crippen LogP contribution in [0.25, 0.3) is 0 Å². The van der Waals surface area contributed by atoms with E-state index in [2.05, 4.69) is 11.1 Å². The lowest BCUT2D eigenvalue weighted by atomic mass is 9.87. The molecule has 2 aromatic rings. The lowest BCUT2D eigenvalue weighted by Crippen LogP contribution is -2.41. The predicted octanol–water partition coefficient (Wildman–Crippen LogP) is 1.97. The van der Waals surface area contributed by atoms with Crippen LogP contribution in [0, 0.1) is 10.1 Å². The zero-order valence-electron chi connectivity index (χ0n) is 12.8. The Morgan fingerprint density at radius 3 is 2.75 bits per heavy atom. The van der Waals surface area contributed by atoms with Crippen LogP contribution in [0.5, 0.6) is 0 Å². The first-order valence-corrected chi connectivity index (χ1v) is 7.75. The Hall–Kier alpha value is -2.96. The van der Waals surface area contributed by atoms with Crippen molar-refractivity contribution in [2.75, 3.05) is 6.54 Å². The van der Waals surface area contributed by atoms with Gasteiger partial charge in [0, 0.05) is 30.8 Å².